The molecule has 8 heteroatoms. The lowest BCUT2D eigenvalue weighted by Gasteiger charge is -2.22. The second-order valence-electron chi connectivity index (χ2n) is 8.80. The van der Waals surface area contributed by atoms with Crippen molar-refractivity contribution >= 4 is 29.3 Å². The Kier molecular flexibility index (Phi) is 8.50. The molecule has 1 aromatic heterocycles. The third-order valence-corrected chi connectivity index (χ3v) is 6.54. The molecular formula is C26H33N5O2S. The molecule has 1 heterocycles. The molecule has 0 aliphatic carbocycles. The minimum atomic E-state index is -0.307. The average Bonchev–Trinajstić information content (AvgIpc) is 3.20. The van der Waals surface area contributed by atoms with Gasteiger partial charge < -0.3 is 15.2 Å². The fourth-order valence-electron chi connectivity index (χ4n) is 3.66. The summed E-state index contributed by atoms with van der Waals surface area (Å²) < 4.78 is 1.97. The summed E-state index contributed by atoms with van der Waals surface area (Å²) in [7, 11) is 0. The molecule has 180 valence electrons. The first kappa shape index (κ1) is 25.5. The number of carbonyl (C=O) groups excluding carboxylic acids is 2. The van der Waals surface area contributed by atoms with E-state index in [1.165, 1.54) is 11.8 Å². The number of hydrogen-bond acceptors (Lipinski definition) is 5. The maximum Gasteiger partial charge on any atom is 0.251 e. The van der Waals surface area contributed by atoms with Gasteiger partial charge in [-0.15, -0.1) is 10.2 Å². The van der Waals surface area contributed by atoms with Crippen molar-refractivity contribution in [2.75, 3.05) is 11.1 Å². The lowest BCUT2D eigenvalue weighted by Crippen LogP contribution is -2.33. The van der Waals surface area contributed by atoms with E-state index in [2.05, 4.69) is 20.8 Å². The van der Waals surface area contributed by atoms with Gasteiger partial charge in [0.15, 0.2) is 11.0 Å². The van der Waals surface area contributed by atoms with Gasteiger partial charge in [-0.1, -0.05) is 55.4 Å². The Hall–Kier alpha value is -3.13. The van der Waals surface area contributed by atoms with Gasteiger partial charge in [-0.2, -0.15) is 0 Å². The number of nitrogens with one attached hydrogen (secondary N) is 2. The van der Waals surface area contributed by atoms with Crippen LogP contribution >= 0.6 is 11.8 Å². The molecular weight excluding hydrogens is 446 g/mol. The number of aromatic nitrogens is 3. The summed E-state index contributed by atoms with van der Waals surface area (Å²) >= 11 is 1.34. The molecule has 0 spiro atoms. The van der Waals surface area contributed by atoms with Gasteiger partial charge in [0.05, 0.1) is 11.8 Å². The van der Waals surface area contributed by atoms with Crippen molar-refractivity contribution in [1.82, 2.24) is 20.1 Å². The summed E-state index contributed by atoms with van der Waals surface area (Å²) in [6, 6.07) is 13.2. The predicted octanol–water partition coefficient (Wildman–Crippen LogP) is 5.08. The molecule has 0 saturated heterocycles. The second kappa shape index (κ2) is 11.3. The number of carbonyl (C=O) groups is 2. The molecule has 7 nitrogen and oxygen atoms in total. The predicted molar refractivity (Wildman–Crippen MR) is 137 cm³/mol. The van der Waals surface area contributed by atoms with Crippen LogP contribution in [0.1, 0.15) is 59.7 Å². The van der Waals surface area contributed by atoms with Crippen molar-refractivity contribution < 1.29 is 9.59 Å². The highest BCUT2D eigenvalue weighted by Gasteiger charge is 2.26. The summed E-state index contributed by atoms with van der Waals surface area (Å²) in [4.78, 5) is 25.5. The van der Waals surface area contributed by atoms with E-state index >= 15 is 0 Å². The zero-order valence-electron chi connectivity index (χ0n) is 20.7. The van der Waals surface area contributed by atoms with Gasteiger partial charge in [0.1, 0.15) is 0 Å². The third kappa shape index (κ3) is 6.26. The minimum Gasteiger partial charge on any atom is -0.342 e. The van der Waals surface area contributed by atoms with E-state index in [0.717, 1.165) is 22.4 Å². The SMILES string of the molecule is CCn1c(SCC(=O)Nc2cc(C)ccc2C)nnc1[C@@H](NC(=O)c1cccc(C)c1)C(C)C. The molecule has 0 aliphatic rings. The smallest absolute Gasteiger partial charge is 0.251 e. The number of rotatable bonds is 9. The quantitative estimate of drug-likeness (QED) is 0.418. The van der Waals surface area contributed by atoms with Crippen LogP contribution in [-0.2, 0) is 11.3 Å². The van der Waals surface area contributed by atoms with E-state index in [4.69, 9.17) is 0 Å². The van der Waals surface area contributed by atoms with Gasteiger partial charge >= 0.3 is 0 Å². The molecule has 34 heavy (non-hydrogen) atoms. The number of aryl methyl sites for hydroxylation is 3. The number of thioether (sulfide) groups is 1. The van der Waals surface area contributed by atoms with Crippen molar-refractivity contribution in [3.05, 3.63) is 70.5 Å². The van der Waals surface area contributed by atoms with E-state index in [9.17, 15) is 9.59 Å². The molecule has 0 aliphatic heterocycles. The highest BCUT2D eigenvalue weighted by atomic mass is 32.2. The van der Waals surface area contributed by atoms with Gasteiger partial charge in [-0.3, -0.25) is 9.59 Å². The number of amides is 2. The van der Waals surface area contributed by atoms with Crippen molar-refractivity contribution in [2.45, 2.75) is 59.3 Å². The van der Waals surface area contributed by atoms with Crippen molar-refractivity contribution in [1.29, 1.82) is 0 Å². The lowest BCUT2D eigenvalue weighted by molar-refractivity contribution is -0.113. The molecule has 0 bridgehead atoms. The topological polar surface area (TPSA) is 88.9 Å². The number of benzene rings is 2. The Morgan fingerprint density at radius 3 is 2.44 bits per heavy atom. The summed E-state index contributed by atoms with van der Waals surface area (Å²) in [6.07, 6.45) is 0. The van der Waals surface area contributed by atoms with Crippen molar-refractivity contribution in [3.8, 4) is 0 Å². The van der Waals surface area contributed by atoms with E-state index in [-0.39, 0.29) is 29.5 Å². The van der Waals surface area contributed by atoms with Crippen LogP contribution < -0.4 is 10.6 Å². The molecule has 2 aromatic carbocycles. The first-order valence-corrected chi connectivity index (χ1v) is 12.5. The van der Waals surface area contributed by atoms with E-state index < -0.39 is 0 Å². The maximum atomic E-state index is 12.9. The zero-order valence-corrected chi connectivity index (χ0v) is 21.5. The van der Waals surface area contributed by atoms with Gasteiger partial charge in [-0.25, -0.2) is 0 Å². The van der Waals surface area contributed by atoms with E-state index in [1.54, 1.807) is 6.07 Å². The zero-order chi connectivity index (χ0) is 24.8. The van der Waals surface area contributed by atoms with Crippen LogP contribution in [0.2, 0.25) is 0 Å². The van der Waals surface area contributed by atoms with Gasteiger partial charge in [-0.05, 0) is 62.9 Å². The van der Waals surface area contributed by atoms with Crippen LogP contribution in [0.4, 0.5) is 5.69 Å². The van der Waals surface area contributed by atoms with Crippen LogP contribution in [0.25, 0.3) is 0 Å². The highest BCUT2D eigenvalue weighted by molar-refractivity contribution is 7.99. The Morgan fingerprint density at radius 1 is 1.03 bits per heavy atom. The monoisotopic (exact) mass is 479 g/mol. The maximum absolute atomic E-state index is 12.9. The minimum absolute atomic E-state index is 0.0981. The Labute approximate surface area is 205 Å². The fraction of sp³-hybridized carbons (Fsp3) is 0.385. The Morgan fingerprint density at radius 2 is 1.76 bits per heavy atom. The molecule has 3 aromatic rings. The van der Waals surface area contributed by atoms with E-state index in [1.807, 2.05) is 82.5 Å². The highest BCUT2D eigenvalue weighted by Crippen LogP contribution is 2.26. The summed E-state index contributed by atoms with van der Waals surface area (Å²) in [6.45, 7) is 12.7. The first-order chi connectivity index (χ1) is 16.2. The number of hydrogen-bond donors (Lipinski definition) is 2. The largest absolute Gasteiger partial charge is 0.342 e. The normalized spacial score (nSPS) is 12.0. The molecule has 1 atom stereocenters. The average molecular weight is 480 g/mol. The summed E-state index contributed by atoms with van der Waals surface area (Å²) in [5.41, 5.74) is 4.58. The van der Waals surface area contributed by atoms with Crippen LogP contribution in [0, 0.1) is 26.7 Å². The summed E-state index contributed by atoms with van der Waals surface area (Å²) in [5, 5.41) is 15.5. The number of anilines is 1. The van der Waals surface area contributed by atoms with Crippen LogP contribution in [-0.4, -0.2) is 32.3 Å². The van der Waals surface area contributed by atoms with Crippen LogP contribution in [0.5, 0.6) is 0 Å². The molecule has 3 rings (SSSR count). The van der Waals surface area contributed by atoms with Crippen LogP contribution in [0.3, 0.4) is 0 Å². The molecule has 0 saturated carbocycles. The molecule has 0 radical (unpaired) electrons. The van der Waals surface area contributed by atoms with Crippen molar-refractivity contribution in [2.24, 2.45) is 5.92 Å². The second-order valence-corrected chi connectivity index (χ2v) is 9.75. The van der Waals surface area contributed by atoms with Gasteiger partial charge in [0.25, 0.3) is 5.91 Å². The molecule has 2 N–H and O–H groups in total. The first-order valence-electron chi connectivity index (χ1n) is 11.5. The number of nitrogens with zero attached hydrogens (tertiary/aromatic N) is 3. The van der Waals surface area contributed by atoms with Crippen LogP contribution in [0.15, 0.2) is 47.6 Å². The van der Waals surface area contributed by atoms with E-state index in [0.29, 0.717) is 23.1 Å². The lowest BCUT2D eigenvalue weighted by atomic mass is 10.0. The fourth-order valence-corrected chi connectivity index (χ4v) is 4.47. The Bertz CT molecular complexity index is 1170. The molecule has 0 fully saturated rings. The Balaban J connectivity index is 1.72. The summed E-state index contributed by atoms with van der Waals surface area (Å²) in [5.74, 6) is 0.770. The molecule has 0 unspecified atom stereocenters. The molecule has 2 amide bonds. The standard InChI is InChI=1S/C26H33N5O2S/c1-7-31-24(23(16(2)3)28-25(33)20-10-8-9-17(4)13-20)29-30-26(31)34-15-22(32)27-21-14-18(5)11-12-19(21)6/h8-14,16,23H,7,15H2,1-6H3,(H,27,32)(H,28,33)/t23-/m0/s1. The van der Waals surface area contributed by atoms with Gasteiger partial charge in [0, 0.05) is 17.8 Å². The third-order valence-electron chi connectivity index (χ3n) is 5.57. The van der Waals surface area contributed by atoms with Crippen molar-refractivity contribution in [3.63, 3.8) is 0 Å². The van der Waals surface area contributed by atoms with Gasteiger partial charge in [0.2, 0.25) is 5.91 Å².